The minimum absolute atomic E-state index is 0.0695. The van der Waals surface area contributed by atoms with Crippen LogP contribution in [0.3, 0.4) is 0 Å². The smallest absolute Gasteiger partial charge is 0.319 e. The van der Waals surface area contributed by atoms with Gasteiger partial charge in [-0.25, -0.2) is 4.79 Å². The fourth-order valence-electron chi connectivity index (χ4n) is 2.30. The standard InChI is InChI=1S/C14H15BrN2O5/c1-6-10(13(19)22-3)11(17-14(20)16-6)7-4-8(15)12(18)9(5-7)21-2/h4-5,10-11,18H,1H2,2-3H3,(H2,16,17,20). The molecule has 0 aliphatic carbocycles. The van der Waals surface area contributed by atoms with Gasteiger partial charge in [-0.1, -0.05) is 6.58 Å². The minimum Gasteiger partial charge on any atom is -0.503 e. The van der Waals surface area contributed by atoms with E-state index >= 15 is 0 Å². The van der Waals surface area contributed by atoms with Gasteiger partial charge in [-0.3, -0.25) is 4.79 Å². The summed E-state index contributed by atoms with van der Waals surface area (Å²) in [6.07, 6.45) is 0. The number of hydrogen-bond acceptors (Lipinski definition) is 5. The summed E-state index contributed by atoms with van der Waals surface area (Å²) in [4.78, 5) is 23.7. The lowest BCUT2D eigenvalue weighted by Gasteiger charge is -2.33. The number of phenolic OH excluding ortho intramolecular Hbond substituents is 1. The Labute approximate surface area is 135 Å². The van der Waals surface area contributed by atoms with Crippen molar-refractivity contribution in [2.24, 2.45) is 5.92 Å². The normalized spacial score (nSPS) is 20.9. The molecule has 2 amide bonds. The molecule has 2 atom stereocenters. The first-order valence-electron chi connectivity index (χ1n) is 6.29. The van der Waals surface area contributed by atoms with Crippen LogP contribution in [0.2, 0.25) is 0 Å². The third kappa shape index (κ3) is 2.87. The Hall–Kier alpha value is -2.22. The number of esters is 1. The molecular formula is C14H15BrN2O5. The lowest BCUT2D eigenvalue weighted by Crippen LogP contribution is -2.51. The summed E-state index contributed by atoms with van der Waals surface area (Å²) in [7, 11) is 2.67. The number of urea groups is 1. The first-order chi connectivity index (χ1) is 10.4. The largest absolute Gasteiger partial charge is 0.503 e. The van der Waals surface area contributed by atoms with Crippen molar-refractivity contribution in [2.45, 2.75) is 6.04 Å². The maximum absolute atomic E-state index is 12.0. The van der Waals surface area contributed by atoms with Crippen molar-refractivity contribution < 1.29 is 24.2 Å². The fourth-order valence-corrected chi connectivity index (χ4v) is 2.76. The second kappa shape index (κ2) is 6.27. The zero-order valence-corrected chi connectivity index (χ0v) is 13.6. The molecule has 0 saturated carbocycles. The number of carbonyl (C=O) groups is 2. The molecule has 0 bridgehead atoms. The number of aromatic hydroxyl groups is 1. The van der Waals surface area contributed by atoms with Gasteiger partial charge >= 0.3 is 12.0 Å². The molecular weight excluding hydrogens is 356 g/mol. The number of rotatable bonds is 3. The highest BCUT2D eigenvalue weighted by atomic mass is 79.9. The maximum atomic E-state index is 12.0. The van der Waals surface area contributed by atoms with Crippen LogP contribution in [0, 0.1) is 5.92 Å². The predicted octanol–water partition coefficient (Wildman–Crippen LogP) is 1.82. The molecule has 1 aliphatic rings. The zero-order valence-electron chi connectivity index (χ0n) is 12.0. The van der Waals surface area contributed by atoms with Crippen molar-refractivity contribution in [3.05, 3.63) is 34.4 Å². The van der Waals surface area contributed by atoms with Crippen LogP contribution in [0.5, 0.6) is 11.5 Å². The molecule has 0 radical (unpaired) electrons. The Balaban J connectivity index is 2.51. The number of halogens is 1. The number of hydrogen-bond donors (Lipinski definition) is 3. The summed E-state index contributed by atoms with van der Waals surface area (Å²) in [5.74, 6) is -1.19. The topological polar surface area (TPSA) is 96.9 Å². The van der Waals surface area contributed by atoms with Gasteiger partial charge in [0.05, 0.1) is 24.7 Å². The molecule has 1 fully saturated rings. The summed E-state index contributed by atoms with van der Waals surface area (Å²) in [5, 5.41) is 15.0. The fraction of sp³-hybridized carbons (Fsp3) is 0.286. The van der Waals surface area contributed by atoms with Gasteiger partial charge in [-0.15, -0.1) is 0 Å². The number of methoxy groups -OCH3 is 2. The van der Waals surface area contributed by atoms with Crippen LogP contribution in [-0.4, -0.2) is 31.3 Å². The minimum atomic E-state index is -0.802. The van der Waals surface area contributed by atoms with Crippen LogP contribution in [0.25, 0.3) is 0 Å². The van der Waals surface area contributed by atoms with Crippen molar-refractivity contribution in [2.75, 3.05) is 14.2 Å². The Morgan fingerprint density at radius 3 is 2.68 bits per heavy atom. The Morgan fingerprint density at radius 1 is 1.41 bits per heavy atom. The SMILES string of the molecule is C=C1NC(=O)NC(c2cc(Br)c(O)c(OC)c2)C1C(=O)OC. The molecule has 0 aromatic heterocycles. The van der Waals surface area contributed by atoms with E-state index in [2.05, 4.69) is 33.1 Å². The first-order valence-corrected chi connectivity index (χ1v) is 7.08. The van der Waals surface area contributed by atoms with Crippen LogP contribution < -0.4 is 15.4 Å². The van der Waals surface area contributed by atoms with Gasteiger partial charge in [0.1, 0.15) is 5.92 Å². The van der Waals surface area contributed by atoms with Gasteiger partial charge in [0.2, 0.25) is 0 Å². The number of phenols is 1. The quantitative estimate of drug-likeness (QED) is 0.705. The molecule has 22 heavy (non-hydrogen) atoms. The third-order valence-electron chi connectivity index (χ3n) is 3.35. The lowest BCUT2D eigenvalue weighted by atomic mass is 9.89. The van der Waals surface area contributed by atoms with Crippen molar-refractivity contribution in [3.8, 4) is 11.5 Å². The zero-order chi connectivity index (χ0) is 16.4. The van der Waals surface area contributed by atoms with E-state index in [0.717, 1.165) is 0 Å². The van der Waals surface area contributed by atoms with E-state index in [9.17, 15) is 14.7 Å². The maximum Gasteiger partial charge on any atom is 0.319 e. The molecule has 1 aliphatic heterocycles. The monoisotopic (exact) mass is 370 g/mol. The van der Waals surface area contributed by atoms with Gasteiger partial charge < -0.3 is 25.2 Å². The van der Waals surface area contributed by atoms with E-state index in [0.29, 0.717) is 10.0 Å². The number of benzene rings is 1. The van der Waals surface area contributed by atoms with Crippen LogP contribution in [0.15, 0.2) is 28.9 Å². The van der Waals surface area contributed by atoms with E-state index in [1.165, 1.54) is 14.2 Å². The van der Waals surface area contributed by atoms with E-state index in [4.69, 9.17) is 9.47 Å². The summed E-state index contributed by atoms with van der Waals surface area (Å²) in [6, 6.07) is 1.97. The van der Waals surface area contributed by atoms with Gasteiger partial charge in [0.15, 0.2) is 11.5 Å². The van der Waals surface area contributed by atoms with Gasteiger partial charge in [-0.2, -0.15) is 0 Å². The number of ether oxygens (including phenoxy) is 2. The second-order valence-electron chi connectivity index (χ2n) is 4.66. The summed E-state index contributed by atoms with van der Waals surface area (Å²) in [6.45, 7) is 3.71. The molecule has 7 nitrogen and oxygen atoms in total. The van der Waals surface area contributed by atoms with Crippen LogP contribution in [0.4, 0.5) is 4.79 Å². The van der Waals surface area contributed by atoms with Crippen LogP contribution in [0.1, 0.15) is 11.6 Å². The lowest BCUT2D eigenvalue weighted by molar-refractivity contribution is -0.145. The van der Waals surface area contributed by atoms with Gasteiger partial charge in [0.25, 0.3) is 0 Å². The average molecular weight is 371 g/mol. The summed E-state index contributed by atoms with van der Waals surface area (Å²) < 4.78 is 10.2. The van der Waals surface area contributed by atoms with E-state index < -0.39 is 24.0 Å². The van der Waals surface area contributed by atoms with E-state index in [1.807, 2.05) is 0 Å². The number of amides is 2. The molecule has 1 aromatic carbocycles. The van der Waals surface area contributed by atoms with Crippen molar-refractivity contribution in [3.63, 3.8) is 0 Å². The van der Waals surface area contributed by atoms with Crippen LogP contribution >= 0.6 is 15.9 Å². The molecule has 8 heteroatoms. The predicted molar refractivity (Wildman–Crippen MR) is 81.4 cm³/mol. The van der Waals surface area contributed by atoms with Crippen molar-refractivity contribution in [1.82, 2.24) is 10.6 Å². The molecule has 1 aromatic rings. The summed E-state index contributed by atoms with van der Waals surface area (Å²) in [5.41, 5.74) is 0.802. The molecule has 3 N–H and O–H groups in total. The molecule has 0 spiro atoms. The molecule has 1 saturated heterocycles. The Morgan fingerprint density at radius 2 is 2.09 bits per heavy atom. The number of carbonyl (C=O) groups excluding carboxylic acids is 2. The van der Waals surface area contributed by atoms with Crippen molar-refractivity contribution in [1.29, 1.82) is 0 Å². The molecule has 1 heterocycles. The van der Waals surface area contributed by atoms with Gasteiger partial charge in [0, 0.05) is 5.70 Å². The Kier molecular flexibility index (Phi) is 4.60. The van der Waals surface area contributed by atoms with E-state index in [1.54, 1.807) is 12.1 Å². The highest BCUT2D eigenvalue weighted by Gasteiger charge is 2.39. The van der Waals surface area contributed by atoms with Gasteiger partial charge in [-0.05, 0) is 33.6 Å². The Bertz CT molecular complexity index is 646. The highest BCUT2D eigenvalue weighted by Crippen LogP contribution is 2.39. The number of nitrogens with one attached hydrogen (secondary N) is 2. The summed E-state index contributed by atoms with van der Waals surface area (Å²) >= 11 is 3.21. The molecule has 2 rings (SSSR count). The average Bonchev–Trinajstić information content (AvgIpc) is 2.48. The third-order valence-corrected chi connectivity index (χ3v) is 3.96. The highest BCUT2D eigenvalue weighted by molar-refractivity contribution is 9.10. The van der Waals surface area contributed by atoms with E-state index in [-0.39, 0.29) is 17.2 Å². The second-order valence-corrected chi connectivity index (χ2v) is 5.51. The van der Waals surface area contributed by atoms with Crippen LogP contribution in [-0.2, 0) is 9.53 Å². The van der Waals surface area contributed by atoms with Crippen molar-refractivity contribution >= 4 is 27.9 Å². The first kappa shape index (κ1) is 16.2. The molecule has 118 valence electrons. The molecule has 2 unspecified atom stereocenters.